The van der Waals surface area contributed by atoms with Crippen LogP contribution in [0.5, 0.6) is 5.75 Å². The van der Waals surface area contributed by atoms with Crippen LogP contribution in [-0.4, -0.2) is 35.6 Å². The predicted molar refractivity (Wildman–Crippen MR) is 145 cm³/mol. The van der Waals surface area contributed by atoms with Gasteiger partial charge in [-0.25, -0.2) is 0 Å². The van der Waals surface area contributed by atoms with E-state index >= 15 is 0 Å². The molecule has 2 aromatic carbocycles. The lowest BCUT2D eigenvalue weighted by Crippen LogP contribution is -2.54. The molecule has 1 N–H and O–H groups in total. The first kappa shape index (κ1) is 24.9. The van der Waals surface area contributed by atoms with Gasteiger partial charge in [-0.3, -0.25) is 19.8 Å². The van der Waals surface area contributed by atoms with Crippen LogP contribution >= 0.6 is 12.2 Å². The van der Waals surface area contributed by atoms with E-state index < -0.39 is 11.8 Å². The van der Waals surface area contributed by atoms with Crippen LogP contribution in [0.2, 0.25) is 0 Å². The van der Waals surface area contributed by atoms with Gasteiger partial charge in [0.15, 0.2) is 5.11 Å². The first-order valence-corrected chi connectivity index (χ1v) is 12.5. The number of nitrogens with one attached hydrogen (secondary N) is 1. The maximum Gasteiger partial charge on any atom is 0.270 e. The molecule has 0 radical (unpaired) electrons. The Kier molecular flexibility index (Phi) is 6.73. The molecule has 6 nitrogen and oxygen atoms in total. The van der Waals surface area contributed by atoms with Crippen LogP contribution in [-0.2, 0) is 9.59 Å². The maximum absolute atomic E-state index is 13.5. The molecule has 184 valence electrons. The van der Waals surface area contributed by atoms with Gasteiger partial charge >= 0.3 is 0 Å². The van der Waals surface area contributed by atoms with Gasteiger partial charge in [0.2, 0.25) is 0 Å². The van der Waals surface area contributed by atoms with Gasteiger partial charge in [-0.1, -0.05) is 6.92 Å². The summed E-state index contributed by atoms with van der Waals surface area (Å²) in [5.41, 5.74) is 5.06. The molecule has 4 rings (SSSR count). The highest BCUT2D eigenvalue weighted by atomic mass is 32.1. The van der Waals surface area contributed by atoms with Gasteiger partial charge in [0.1, 0.15) is 11.3 Å². The Morgan fingerprint density at radius 3 is 2.49 bits per heavy atom. The third-order valence-electron chi connectivity index (χ3n) is 6.90. The van der Waals surface area contributed by atoms with E-state index in [1.165, 1.54) is 16.2 Å². The molecule has 0 aromatic heterocycles. The fourth-order valence-corrected chi connectivity index (χ4v) is 5.59. The summed E-state index contributed by atoms with van der Waals surface area (Å²) in [5, 5.41) is 2.74. The number of thiocarbonyl (C=S) groups is 1. The van der Waals surface area contributed by atoms with Crippen molar-refractivity contribution in [2.24, 2.45) is 0 Å². The van der Waals surface area contributed by atoms with Crippen LogP contribution in [0.15, 0.2) is 42.0 Å². The number of aryl methyl sites for hydroxylation is 1. The quantitative estimate of drug-likeness (QED) is 0.348. The highest BCUT2D eigenvalue weighted by Gasteiger charge is 2.37. The number of benzene rings is 2. The Morgan fingerprint density at radius 1 is 1.17 bits per heavy atom. The van der Waals surface area contributed by atoms with E-state index in [4.69, 9.17) is 17.0 Å². The molecule has 0 unspecified atom stereocenters. The lowest BCUT2D eigenvalue weighted by atomic mass is 9.79. The van der Waals surface area contributed by atoms with Crippen LogP contribution in [0.1, 0.15) is 63.6 Å². The minimum absolute atomic E-state index is 0.0617. The van der Waals surface area contributed by atoms with E-state index in [0.717, 1.165) is 24.1 Å². The third-order valence-corrected chi connectivity index (χ3v) is 7.18. The van der Waals surface area contributed by atoms with E-state index in [2.05, 4.69) is 50.0 Å². The molecule has 2 aliphatic rings. The summed E-state index contributed by atoms with van der Waals surface area (Å²) in [7, 11) is 0. The number of rotatable bonds is 5. The smallest absolute Gasteiger partial charge is 0.270 e. The normalized spacial score (nSPS) is 20.7. The molecular formula is C28H33N3O3S. The van der Waals surface area contributed by atoms with Crippen molar-refractivity contribution in [2.75, 3.05) is 23.0 Å². The van der Waals surface area contributed by atoms with Crippen LogP contribution in [0.4, 0.5) is 11.4 Å². The summed E-state index contributed by atoms with van der Waals surface area (Å²) < 4.78 is 5.49. The highest BCUT2D eigenvalue weighted by Crippen LogP contribution is 2.44. The number of carbonyl (C=O) groups is 2. The van der Waals surface area contributed by atoms with E-state index in [9.17, 15) is 9.59 Å². The Balaban J connectivity index is 1.73. The average Bonchev–Trinajstić information content (AvgIpc) is 2.78. The Hall–Kier alpha value is -3.19. The first-order chi connectivity index (χ1) is 16.6. The van der Waals surface area contributed by atoms with Crippen LogP contribution in [0, 0.1) is 6.92 Å². The predicted octanol–water partition coefficient (Wildman–Crippen LogP) is 5.34. The molecule has 2 amide bonds. The SMILES string of the molecule is CCOc1ccc(N2C(=O)/C(=C/c3cc4c(cc3C)N(CC)C(C)(C)C[C@H]4C)C(=O)NC2=S)cc1. The van der Waals surface area contributed by atoms with Crippen molar-refractivity contribution < 1.29 is 14.3 Å². The number of nitrogens with zero attached hydrogens (tertiary/aromatic N) is 2. The van der Waals surface area contributed by atoms with Gasteiger partial charge in [-0.15, -0.1) is 0 Å². The number of anilines is 2. The number of fused-ring (bicyclic) bond motifs is 1. The van der Waals surface area contributed by atoms with Gasteiger partial charge < -0.3 is 9.64 Å². The third kappa shape index (κ3) is 4.57. The molecule has 1 saturated heterocycles. The molecule has 0 aliphatic carbocycles. The topological polar surface area (TPSA) is 61.9 Å². The summed E-state index contributed by atoms with van der Waals surface area (Å²) in [4.78, 5) is 30.1. The minimum atomic E-state index is -0.483. The van der Waals surface area contributed by atoms with Gasteiger partial charge in [0.25, 0.3) is 11.8 Å². The number of hydrogen-bond donors (Lipinski definition) is 1. The van der Waals surface area contributed by atoms with Crippen molar-refractivity contribution in [3.63, 3.8) is 0 Å². The van der Waals surface area contributed by atoms with Crippen LogP contribution in [0.3, 0.4) is 0 Å². The van der Waals surface area contributed by atoms with Crippen molar-refractivity contribution in [3.8, 4) is 5.75 Å². The fourth-order valence-electron chi connectivity index (χ4n) is 5.31. The summed E-state index contributed by atoms with van der Waals surface area (Å²) in [6.45, 7) is 14.4. The Labute approximate surface area is 212 Å². The van der Waals surface area contributed by atoms with E-state index in [-0.39, 0.29) is 16.2 Å². The van der Waals surface area contributed by atoms with E-state index in [0.29, 0.717) is 24.0 Å². The number of amides is 2. The van der Waals surface area contributed by atoms with Crippen LogP contribution < -0.4 is 19.9 Å². The molecule has 2 heterocycles. The molecule has 2 aliphatic heterocycles. The summed E-state index contributed by atoms with van der Waals surface area (Å²) in [6, 6.07) is 11.4. The molecule has 1 fully saturated rings. The molecule has 0 saturated carbocycles. The van der Waals surface area contributed by atoms with Gasteiger partial charge in [-0.05, 0) is 118 Å². The molecule has 1 atom stereocenters. The lowest BCUT2D eigenvalue weighted by molar-refractivity contribution is -0.122. The standard InChI is InChI=1S/C28H33N3O3S/c1-7-30-24-13-17(3)19(14-22(24)18(4)16-28(30,5)6)15-23-25(32)29-27(35)31(26(23)33)20-9-11-21(12-10-20)34-8-2/h9-15,18H,7-8,16H2,1-6H3,(H,29,32,35)/b23-15+/t18-/m1/s1. The van der Waals surface area contributed by atoms with Crippen molar-refractivity contribution in [1.82, 2.24) is 5.32 Å². The van der Waals surface area contributed by atoms with Gasteiger partial charge in [0, 0.05) is 17.8 Å². The Morgan fingerprint density at radius 2 is 1.86 bits per heavy atom. The maximum atomic E-state index is 13.5. The highest BCUT2D eigenvalue weighted by molar-refractivity contribution is 7.80. The largest absolute Gasteiger partial charge is 0.494 e. The first-order valence-electron chi connectivity index (χ1n) is 12.1. The Bertz CT molecular complexity index is 1220. The summed E-state index contributed by atoms with van der Waals surface area (Å²) in [6.07, 6.45) is 2.73. The molecular weight excluding hydrogens is 458 g/mol. The minimum Gasteiger partial charge on any atom is -0.494 e. The van der Waals surface area contributed by atoms with E-state index in [1.54, 1.807) is 30.3 Å². The summed E-state index contributed by atoms with van der Waals surface area (Å²) in [5.74, 6) is 0.145. The second kappa shape index (κ2) is 9.46. The van der Waals surface area contributed by atoms with Gasteiger partial charge in [-0.2, -0.15) is 0 Å². The van der Waals surface area contributed by atoms with Gasteiger partial charge in [0.05, 0.1) is 12.3 Å². The van der Waals surface area contributed by atoms with E-state index in [1.807, 2.05) is 13.8 Å². The molecule has 0 bridgehead atoms. The molecule has 35 heavy (non-hydrogen) atoms. The molecule has 2 aromatic rings. The zero-order valence-corrected chi connectivity index (χ0v) is 22.1. The monoisotopic (exact) mass is 491 g/mol. The summed E-state index contributed by atoms with van der Waals surface area (Å²) >= 11 is 5.34. The van der Waals surface area contributed by atoms with Crippen molar-refractivity contribution in [2.45, 2.75) is 59.4 Å². The van der Waals surface area contributed by atoms with Crippen molar-refractivity contribution in [3.05, 3.63) is 58.7 Å². The van der Waals surface area contributed by atoms with Crippen molar-refractivity contribution in [1.29, 1.82) is 0 Å². The number of carbonyl (C=O) groups excluding carboxylic acids is 2. The van der Waals surface area contributed by atoms with Crippen LogP contribution in [0.25, 0.3) is 6.08 Å². The van der Waals surface area contributed by atoms with Crippen molar-refractivity contribution >= 4 is 46.6 Å². The zero-order chi connectivity index (χ0) is 25.5. The molecule has 7 heteroatoms. The number of hydrogen-bond acceptors (Lipinski definition) is 5. The zero-order valence-electron chi connectivity index (χ0n) is 21.3. The second-order valence-electron chi connectivity index (χ2n) is 9.81. The second-order valence-corrected chi connectivity index (χ2v) is 10.2. The fraction of sp³-hybridized carbons (Fsp3) is 0.393. The average molecular weight is 492 g/mol. The lowest BCUT2D eigenvalue weighted by Gasteiger charge is -2.47. The molecule has 0 spiro atoms. The number of ether oxygens (including phenoxy) is 1.